The van der Waals surface area contributed by atoms with E-state index in [1.807, 2.05) is 30.3 Å². The van der Waals surface area contributed by atoms with Gasteiger partial charge in [-0.3, -0.25) is 4.79 Å². The smallest absolute Gasteiger partial charge is 0.163 e. The van der Waals surface area contributed by atoms with Crippen LogP contribution in [0.4, 0.5) is 0 Å². The van der Waals surface area contributed by atoms with Crippen molar-refractivity contribution >= 4 is 29.8 Å². The number of carbonyl (C=O) groups excluding carboxylic acids is 1. The summed E-state index contributed by atoms with van der Waals surface area (Å²) in [6.45, 7) is 7.22. The fraction of sp³-hybridized carbons (Fsp3) is 0.250. The second kappa shape index (κ2) is 10.9. The summed E-state index contributed by atoms with van der Waals surface area (Å²) in [7, 11) is -1.48. The van der Waals surface area contributed by atoms with Crippen LogP contribution in [-0.4, -0.2) is 13.9 Å². The molecule has 0 fully saturated rings. The lowest BCUT2D eigenvalue weighted by atomic mass is 9.88. The van der Waals surface area contributed by atoms with Gasteiger partial charge in [-0.25, -0.2) is 0 Å². The summed E-state index contributed by atoms with van der Waals surface area (Å²) in [4.78, 5) is 13.0. The minimum absolute atomic E-state index is 0.169. The number of halogens is 1. The lowest BCUT2D eigenvalue weighted by Gasteiger charge is -2.23. The normalized spacial score (nSPS) is 13.1. The van der Waals surface area contributed by atoms with Crippen molar-refractivity contribution in [3.63, 3.8) is 0 Å². The molecular weight excluding hydrogens is 460 g/mol. The maximum atomic E-state index is 13.0. The Balaban J connectivity index is 1.86. The Hall–Kier alpha value is -2.23. The molecule has 1 atom stereocenters. The van der Waals surface area contributed by atoms with Crippen molar-refractivity contribution in [3.05, 3.63) is 117 Å². The fourth-order valence-corrected chi connectivity index (χ4v) is 5.51. The third-order valence-corrected chi connectivity index (χ3v) is 8.55. The summed E-state index contributed by atoms with van der Waals surface area (Å²) in [6, 6.07) is 28.8. The fourth-order valence-electron chi connectivity index (χ4n) is 3.78. The van der Waals surface area contributed by atoms with Crippen LogP contribution in [0.1, 0.15) is 40.2 Å². The second-order valence-corrected chi connectivity index (χ2v) is 15.2. The molecule has 160 valence electrons. The molecule has 0 aliphatic carbocycles. The van der Waals surface area contributed by atoms with Crippen LogP contribution in [0.2, 0.25) is 19.6 Å². The van der Waals surface area contributed by atoms with E-state index in [1.54, 1.807) is 5.20 Å². The standard InChI is InChI=1S/C28H31BrOSi/c1-31(2,3)27(20-22-10-6-4-7-11-22)19-16-25(23-14-17-26(29)18-15-23)21-28(30)24-12-8-5-9-13-24/h4-15,17-19,25H,16,20-21H2,1-3H3/b27-19+. The van der Waals surface area contributed by atoms with Crippen molar-refractivity contribution in [2.45, 2.75) is 44.8 Å². The van der Waals surface area contributed by atoms with Crippen LogP contribution in [0.15, 0.2) is 101 Å². The number of Topliss-reactive ketones (excluding diaryl/α,β-unsaturated/α-hetero) is 1. The molecule has 31 heavy (non-hydrogen) atoms. The largest absolute Gasteiger partial charge is 0.294 e. The first-order valence-electron chi connectivity index (χ1n) is 10.9. The minimum Gasteiger partial charge on any atom is -0.294 e. The average Bonchev–Trinajstić information content (AvgIpc) is 2.76. The van der Waals surface area contributed by atoms with Crippen molar-refractivity contribution in [1.29, 1.82) is 0 Å². The van der Waals surface area contributed by atoms with Gasteiger partial charge in [0.15, 0.2) is 5.78 Å². The van der Waals surface area contributed by atoms with E-state index in [1.165, 1.54) is 11.1 Å². The lowest BCUT2D eigenvalue weighted by Crippen LogP contribution is -2.25. The van der Waals surface area contributed by atoms with Crippen molar-refractivity contribution in [3.8, 4) is 0 Å². The SMILES string of the molecule is C[Si](C)(C)/C(=C/CC(CC(=O)c1ccccc1)c1ccc(Br)cc1)Cc1ccccc1. The first-order valence-corrected chi connectivity index (χ1v) is 15.2. The molecule has 0 amide bonds. The highest BCUT2D eigenvalue weighted by molar-refractivity contribution is 9.10. The molecule has 0 aliphatic rings. The molecule has 0 N–H and O–H groups in total. The van der Waals surface area contributed by atoms with E-state index in [0.717, 1.165) is 22.9 Å². The zero-order chi connectivity index (χ0) is 22.3. The van der Waals surface area contributed by atoms with Gasteiger partial charge >= 0.3 is 0 Å². The molecule has 0 aliphatic heterocycles. The molecule has 1 unspecified atom stereocenters. The van der Waals surface area contributed by atoms with Crippen molar-refractivity contribution < 1.29 is 4.79 Å². The Labute approximate surface area is 196 Å². The number of hydrogen-bond acceptors (Lipinski definition) is 1. The maximum Gasteiger partial charge on any atom is 0.163 e. The molecule has 0 aromatic heterocycles. The minimum atomic E-state index is -1.48. The molecule has 1 nitrogen and oxygen atoms in total. The number of carbonyl (C=O) groups is 1. The predicted molar refractivity (Wildman–Crippen MR) is 138 cm³/mol. The number of benzene rings is 3. The van der Waals surface area contributed by atoms with Gasteiger partial charge in [0.1, 0.15) is 0 Å². The second-order valence-electron chi connectivity index (χ2n) is 9.12. The van der Waals surface area contributed by atoms with Gasteiger partial charge < -0.3 is 0 Å². The highest BCUT2D eigenvalue weighted by atomic mass is 79.9. The van der Waals surface area contributed by atoms with Gasteiger partial charge in [0.2, 0.25) is 0 Å². The van der Waals surface area contributed by atoms with Crippen LogP contribution < -0.4 is 0 Å². The van der Waals surface area contributed by atoms with Gasteiger partial charge in [0, 0.05) is 16.5 Å². The number of hydrogen-bond donors (Lipinski definition) is 0. The van der Waals surface area contributed by atoms with E-state index >= 15 is 0 Å². The van der Waals surface area contributed by atoms with Crippen molar-refractivity contribution in [1.82, 2.24) is 0 Å². The summed E-state index contributed by atoms with van der Waals surface area (Å²) in [5, 5.41) is 1.55. The van der Waals surface area contributed by atoms with Gasteiger partial charge in [0.25, 0.3) is 0 Å². The molecular formula is C28H31BrOSi. The van der Waals surface area contributed by atoms with Gasteiger partial charge in [0.05, 0.1) is 8.07 Å². The van der Waals surface area contributed by atoms with E-state index in [4.69, 9.17) is 0 Å². The zero-order valence-electron chi connectivity index (χ0n) is 18.6. The van der Waals surface area contributed by atoms with E-state index in [-0.39, 0.29) is 11.7 Å². The molecule has 0 heterocycles. The Morgan fingerprint density at radius 2 is 1.45 bits per heavy atom. The molecule has 0 saturated carbocycles. The molecule has 0 bridgehead atoms. The number of ketones is 1. The summed E-state index contributed by atoms with van der Waals surface area (Å²) in [5.41, 5.74) is 3.37. The quantitative estimate of drug-likeness (QED) is 0.218. The molecule has 0 radical (unpaired) electrons. The first kappa shape index (κ1) is 23.4. The summed E-state index contributed by atoms with van der Waals surface area (Å²) in [6.07, 6.45) is 4.83. The van der Waals surface area contributed by atoms with Crippen LogP contribution in [0.3, 0.4) is 0 Å². The van der Waals surface area contributed by atoms with Crippen LogP contribution in [-0.2, 0) is 6.42 Å². The van der Waals surface area contributed by atoms with E-state index < -0.39 is 8.07 Å². The topological polar surface area (TPSA) is 17.1 Å². The third kappa shape index (κ3) is 7.15. The van der Waals surface area contributed by atoms with Crippen molar-refractivity contribution in [2.75, 3.05) is 0 Å². The molecule has 3 aromatic carbocycles. The first-order chi connectivity index (χ1) is 14.8. The predicted octanol–water partition coefficient (Wildman–Crippen LogP) is 8.24. The zero-order valence-corrected chi connectivity index (χ0v) is 21.2. The number of allylic oxidation sites excluding steroid dienone is 2. The van der Waals surface area contributed by atoms with Crippen LogP contribution in [0.5, 0.6) is 0 Å². The average molecular weight is 492 g/mol. The maximum absolute atomic E-state index is 13.0. The van der Waals surface area contributed by atoms with E-state index in [0.29, 0.717) is 6.42 Å². The highest BCUT2D eigenvalue weighted by Crippen LogP contribution is 2.30. The van der Waals surface area contributed by atoms with Gasteiger partial charge in [-0.2, -0.15) is 0 Å². The summed E-state index contributed by atoms with van der Waals surface area (Å²) < 4.78 is 1.06. The summed E-state index contributed by atoms with van der Waals surface area (Å²) in [5.74, 6) is 0.377. The highest BCUT2D eigenvalue weighted by Gasteiger charge is 2.22. The van der Waals surface area contributed by atoms with E-state index in [2.05, 4.69) is 96.2 Å². The molecule has 3 rings (SSSR count). The van der Waals surface area contributed by atoms with Crippen LogP contribution in [0.25, 0.3) is 0 Å². The molecule has 3 aromatic rings. The molecule has 3 heteroatoms. The molecule has 0 saturated heterocycles. The third-order valence-electron chi connectivity index (χ3n) is 5.72. The van der Waals surface area contributed by atoms with E-state index in [9.17, 15) is 4.79 Å². The van der Waals surface area contributed by atoms with Crippen molar-refractivity contribution in [2.24, 2.45) is 0 Å². The molecule has 0 spiro atoms. The Kier molecular flexibility index (Phi) is 8.22. The Morgan fingerprint density at radius 1 is 0.871 bits per heavy atom. The van der Waals surface area contributed by atoms with Crippen LogP contribution in [0, 0.1) is 0 Å². The lowest BCUT2D eigenvalue weighted by molar-refractivity contribution is 0.0973. The monoisotopic (exact) mass is 490 g/mol. The van der Waals surface area contributed by atoms with Gasteiger partial charge in [-0.05, 0) is 42.0 Å². The Morgan fingerprint density at radius 3 is 2.03 bits per heavy atom. The Bertz CT molecular complexity index is 1000. The van der Waals surface area contributed by atoms with Gasteiger partial charge in [-0.15, -0.1) is 0 Å². The summed E-state index contributed by atoms with van der Waals surface area (Å²) >= 11 is 3.53. The van der Waals surface area contributed by atoms with Gasteiger partial charge in [-0.1, -0.05) is 120 Å². The number of rotatable bonds is 9. The van der Waals surface area contributed by atoms with Crippen LogP contribution >= 0.6 is 15.9 Å².